The summed E-state index contributed by atoms with van der Waals surface area (Å²) in [6.45, 7) is 6.48. The Morgan fingerprint density at radius 3 is 3.06 bits per heavy atom. The summed E-state index contributed by atoms with van der Waals surface area (Å²) < 4.78 is 5.44. The number of methoxy groups -OCH3 is 1. The van der Waals surface area contributed by atoms with Gasteiger partial charge in [-0.25, -0.2) is 0 Å². The molecular formula is C14H21ClN2O. The third kappa shape index (κ3) is 3.30. The van der Waals surface area contributed by atoms with Crippen molar-refractivity contribution in [2.45, 2.75) is 13.3 Å². The molecule has 0 aromatic heterocycles. The van der Waals surface area contributed by atoms with Crippen molar-refractivity contribution < 1.29 is 4.74 Å². The molecule has 1 aliphatic heterocycles. The zero-order valence-corrected chi connectivity index (χ0v) is 11.8. The van der Waals surface area contributed by atoms with Gasteiger partial charge < -0.3 is 15.0 Å². The first-order chi connectivity index (χ1) is 8.70. The molecule has 3 nitrogen and oxygen atoms in total. The Morgan fingerprint density at radius 2 is 2.28 bits per heavy atom. The molecule has 1 aliphatic rings. The van der Waals surface area contributed by atoms with Gasteiger partial charge in [0.15, 0.2) is 0 Å². The normalized spacial score (nSPS) is 21.3. The molecule has 1 fully saturated rings. The smallest absolute Gasteiger partial charge is 0.142 e. The van der Waals surface area contributed by atoms with Crippen molar-refractivity contribution in [1.82, 2.24) is 5.32 Å². The van der Waals surface area contributed by atoms with E-state index in [2.05, 4.69) is 17.1 Å². The lowest BCUT2D eigenvalue weighted by molar-refractivity contribution is 0.409. The third-order valence-corrected chi connectivity index (χ3v) is 3.52. The zero-order chi connectivity index (χ0) is 13.0. The second kappa shape index (κ2) is 6.30. The lowest BCUT2D eigenvalue weighted by Crippen LogP contribution is -2.38. The second-order valence-corrected chi connectivity index (χ2v) is 5.36. The Kier molecular flexibility index (Phi) is 4.72. The van der Waals surface area contributed by atoms with Gasteiger partial charge in [0.1, 0.15) is 5.75 Å². The molecule has 0 radical (unpaired) electrons. The monoisotopic (exact) mass is 268 g/mol. The number of rotatable bonds is 2. The van der Waals surface area contributed by atoms with Crippen LogP contribution in [0.25, 0.3) is 0 Å². The van der Waals surface area contributed by atoms with Gasteiger partial charge in [-0.05, 0) is 43.6 Å². The highest BCUT2D eigenvalue weighted by Gasteiger charge is 2.17. The summed E-state index contributed by atoms with van der Waals surface area (Å²) in [6, 6.07) is 5.82. The minimum atomic E-state index is 0.619. The number of ether oxygens (including phenoxy) is 1. The topological polar surface area (TPSA) is 24.5 Å². The standard InChI is InChI=1S/C14H21ClN2O/c1-11-9-16-6-3-7-17(10-11)13-8-12(15)4-5-14(13)18-2/h4-5,8,11,16H,3,6-7,9-10H2,1-2H3. The van der Waals surface area contributed by atoms with Gasteiger partial charge in [0.2, 0.25) is 0 Å². The number of hydrogen-bond donors (Lipinski definition) is 1. The molecule has 1 saturated heterocycles. The number of nitrogens with one attached hydrogen (secondary N) is 1. The van der Waals surface area contributed by atoms with Gasteiger partial charge in [0.25, 0.3) is 0 Å². The highest BCUT2D eigenvalue weighted by molar-refractivity contribution is 6.30. The van der Waals surface area contributed by atoms with Crippen LogP contribution in [0.2, 0.25) is 5.02 Å². The maximum atomic E-state index is 6.11. The van der Waals surface area contributed by atoms with E-state index >= 15 is 0 Å². The van der Waals surface area contributed by atoms with Gasteiger partial charge in [-0.2, -0.15) is 0 Å². The minimum absolute atomic E-state index is 0.619. The summed E-state index contributed by atoms with van der Waals surface area (Å²) >= 11 is 6.11. The van der Waals surface area contributed by atoms with Crippen LogP contribution in [0, 0.1) is 5.92 Å². The molecule has 1 N–H and O–H groups in total. The van der Waals surface area contributed by atoms with E-state index in [0.29, 0.717) is 5.92 Å². The first-order valence-electron chi connectivity index (χ1n) is 6.50. The van der Waals surface area contributed by atoms with E-state index in [1.807, 2.05) is 18.2 Å². The summed E-state index contributed by atoms with van der Waals surface area (Å²) in [5, 5.41) is 4.23. The van der Waals surface area contributed by atoms with Crippen molar-refractivity contribution in [1.29, 1.82) is 0 Å². The van der Waals surface area contributed by atoms with Crippen molar-refractivity contribution in [3.8, 4) is 5.75 Å². The molecule has 4 heteroatoms. The quantitative estimate of drug-likeness (QED) is 0.893. The van der Waals surface area contributed by atoms with Crippen LogP contribution in [-0.2, 0) is 0 Å². The van der Waals surface area contributed by atoms with Crippen LogP contribution in [0.15, 0.2) is 18.2 Å². The lowest BCUT2D eigenvalue weighted by Gasteiger charge is -2.31. The van der Waals surface area contributed by atoms with E-state index in [1.165, 1.54) is 0 Å². The minimum Gasteiger partial charge on any atom is -0.495 e. The van der Waals surface area contributed by atoms with Crippen molar-refractivity contribution in [3.63, 3.8) is 0 Å². The van der Waals surface area contributed by atoms with Gasteiger partial charge in [-0.1, -0.05) is 18.5 Å². The Balaban J connectivity index is 2.24. The molecule has 18 heavy (non-hydrogen) atoms. The number of hydrogen-bond acceptors (Lipinski definition) is 3. The van der Waals surface area contributed by atoms with E-state index in [-0.39, 0.29) is 0 Å². The Bertz CT molecular complexity index is 397. The van der Waals surface area contributed by atoms with Gasteiger partial charge >= 0.3 is 0 Å². The highest BCUT2D eigenvalue weighted by atomic mass is 35.5. The molecule has 2 rings (SSSR count). The van der Waals surface area contributed by atoms with E-state index in [9.17, 15) is 0 Å². The number of halogens is 1. The Hall–Kier alpha value is -0.930. The van der Waals surface area contributed by atoms with Crippen LogP contribution in [0.4, 0.5) is 5.69 Å². The molecule has 1 aromatic rings. The second-order valence-electron chi connectivity index (χ2n) is 4.93. The maximum absolute atomic E-state index is 6.11. The molecule has 1 atom stereocenters. The van der Waals surface area contributed by atoms with Crippen LogP contribution < -0.4 is 15.0 Å². The molecule has 1 heterocycles. The van der Waals surface area contributed by atoms with Crippen LogP contribution in [0.3, 0.4) is 0 Å². The molecule has 0 saturated carbocycles. The molecule has 0 spiro atoms. The van der Waals surface area contributed by atoms with Gasteiger partial charge in [0, 0.05) is 18.1 Å². The predicted molar refractivity (Wildman–Crippen MR) is 76.9 cm³/mol. The predicted octanol–water partition coefficient (Wildman–Crippen LogP) is 2.78. The summed E-state index contributed by atoms with van der Waals surface area (Å²) in [6.07, 6.45) is 1.14. The Labute approximate surface area is 114 Å². The average molecular weight is 269 g/mol. The summed E-state index contributed by atoms with van der Waals surface area (Å²) in [7, 11) is 1.71. The molecule has 100 valence electrons. The summed E-state index contributed by atoms with van der Waals surface area (Å²) in [5.74, 6) is 1.52. The lowest BCUT2D eigenvalue weighted by atomic mass is 10.1. The average Bonchev–Trinajstić information content (AvgIpc) is 2.33. The zero-order valence-electron chi connectivity index (χ0n) is 11.1. The van der Waals surface area contributed by atoms with E-state index in [4.69, 9.17) is 16.3 Å². The fourth-order valence-corrected chi connectivity index (χ4v) is 2.57. The molecule has 0 aliphatic carbocycles. The van der Waals surface area contributed by atoms with Crippen molar-refractivity contribution in [2.24, 2.45) is 5.92 Å². The van der Waals surface area contributed by atoms with E-state index in [0.717, 1.165) is 49.1 Å². The van der Waals surface area contributed by atoms with Crippen molar-refractivity contribution >= 4 is 17.3 Å². The molecule has 1 aromatic carbocycles. The van der Waals surface area contributed by atoms with Crippen LogP contribution in [0.1, 0.15) is 13.3 Å². The molecular weight excluding hydrogens is 248 g/mol. The highest BCUT2D eigenvalue weighted by Crippen LogP contribution is 2.32. The first-order valence-corrected chi connectivity index (χ1v) is 6.87. The number of anilines is 1. The fourth-order valence-electron chi connectivity index (χ4n) is 2.40. The summed E-state index contributed by atoms with van der Waals surface area (Å²) in [4.78, 5) is 2.39. The van der Waals surface area contributed by atoms with Gasteiger partial charge in [0.05, 0.1) is 12.8 Å². The van der Waals surface area contributed by atoms with Crippen LogP contribution in [0.5, 0.6) is 5.75 Å². The van der Waals surface area contributed by atoms with Gasteiger partial charge in [-0.3, -0.25) is 0 Å². The molecule has 0 bridgehead atoms. The first kappa shape index (κ1) is 13.5. The third-order valence-electron chi connectivity index (χ3n) is 3.29. The number of benzene rings is 1. The molecule has 0 amide bonds. The van der Waals surface area contributed by atoms with Crippen LogP contribution in [-0.4, -0.2) is 33.3 Å². The summed E-state index contributed by atoms with van der Waals surface area (Å²) in [5.41, 5.74) is 1.11. The molecule has 1 unspecified atom stereocenters. The fraction of sp³-hybridized carbons (Fsp3) is 0.571. The maximum Gasteiger partial charge on any atom is 0.142 e. The largest absolute Gasteiger partial charge is 0.495 e. The number of nitrogens with zero attached hydrogens (tertiary/aromatic N) is 1. The van der Waals surface area contributed by atoms with Crippen molar-refractivity contribution in [3.05, 3.63) is 23.2 Å². The Morgan fingerprint density at radius 1 is 1.44 bits per heavy atom. The van der Waals surface area contributed by atoms with Crippen molar-refractivity contribution in [2.75, 3.05) is 38.2 Å². The van der Waals surface area contributed by atoms with E-state index < -0.39 is 0 Å². The SMILES string of the molecule is COc1ccc(Cl)cc1N1CCCNCC(C)C1. The van der Waals surface area contributed by atoms with Gasteiger partial charge in [-0.15, -0.1) is 0 Å². The van der Waals surface area contributed by atoms with Crippen LogP contribution >= 0.6 is 11.6 Å². The van der Waals surface area contributed by atoms with E-state index in [1.54, 1.807) is 7.11 Å².